The van der Waals surface area contributed by atoms with Gasteiger partial charge in [0.25, 0.3) is 0 Å². The smallest absolute Gasteiger partial charge is 0.343 e. The van der Waals surface area contributed by atoms with E-state index in [0.29, 0.717) is 17.6 Å². The average molecular weight is 248 g/mol. The fourth-order valence-corrected chi connectivity index (χ4v) is 1.97. The third-order valence-electron chi connectivity index (χ3n) is 2.81. The minimum atomic E-state index is -1.40. The third-order valence-corrected chi connectivity index (χ3v) is 2.81. The van der Waals surface area contributed by atoms with Crippen molar-refractivity contribution in [1.29, 1.82) is 0 Å². The van der Waals surface area contributed by atoms with E-state index < -0.39 is 17.5 Å². The molecule has 4 heteroatoms. The van der Waals surface area contributed by atoms with Crippen LogP contribution in [-0.4, -0.2) is 22.2 Å². The lowest BCUT2D eigenvalue weighted by molar-refractivity contribution is -0.140. The molecule has 0 amide bonds. The van der Waals surface area contributed by atoms with Gasteiger partial charge in [0.15, 0.2) is 0 Å². The Morgan fingerprint density at radius 1 is 1.06 bits per heavy atom. The van der Waals surface area contributed by atoms with Crippen molar-refractivity contribution in [2.24, 2.45) is 0 Å². The molecule has 0 fully saturated rings. The third kappa shape index (κ3) is 2.77. The van der Waals surface area contributed by atoms with Crippen LogP contribution < -0.4 is 0 Å². The van der Waals surface area contributed by atoms with E-state index in [0.717, 1.165) is 12.0 Å². The summed E-state index contributed by atoms with van der Waals surface area (Å²) in [7, 11) is 0. The van der Waals surface area contributed by atoms with Gasteiger partial charge in [0.05, 0.1) is 0 Å². The van der Waals surface area contributed by atoms with Crippen molar-refractivity contribution in [3.63, 3.8) is 0 Å². The van der Waals surface area contributed by atoms with E-state index in [-0.39, 0.29) is 0 Å². The summed E-state index contributed by atoms with van der Waals surface area (Å²) in [5.74, 6) is -2.80. The summed E-state index contributed by atoms with van der Waals surface area (Å²) >= 11 is 0. The number of hydrogen-bond acceptors (Lipinski definition) is 2. The number of benzene rings is 1. The second-order valence-corrected chi connectivity index (χ2v) is 3.83. The number of carboxylic acids is 2. The second-order valence-electron chi connectivity index (χ2n) is 3.83. The predicted octanol–water partition coefficient (Wildman–Crippen LogP) is 2.58. The normalized spacial score (nSPS) is 9.89. The zero-order valence-electron chi connectivity index (χ0n) is 10.4. The van der Waals surface area contributed by atoms with Crippen molar-refractivity contribution >= 4 is 17.5 Å². The second kappa shape index (κ2) is 6.00. The molecule has 0 aromatic heterocycles. The lowest BCUT2D eigenvalue weighted by atomic mass is 9.92. The maximum Gasteiger partial charge on any atom is 0.343 e. The van der Waals surface area contributed by atoms with Crippen molar-refractivity contribution < 1.29 is 19.8 Å². The SMILES string of the molecule is CCC(=C(C(=O)O)C(=O)O)c1ccccc1CC. The zero-order valence-corrected chi connectivity index (χ0v) is 10.4. The number of aliphatic carboxylic acids is 2. The summed E-state index contributed by atoms with van der Waals surface area (Å²) < 4.78 is 0. The van der Waals surface area contributed by atoms with E-state index in [1.54, 1.807) is 19.1 Å². The predicted molar refractivity (Wildman–Crippen MR) is 68.3 cm³/mol. The van der Waals surface area contributed by atoms with Crippen LogP contribution in [0.25, 0.3) is 5.57 Å². The fourth-order valence-electron chi connectivity index (χ4n) is 1.97. The summed E-state index contributed by atoms with van der Waals surface area (Å²) in [5.41, 5.74) is 1.49. The molecular formula is C14H16O4. The Balaban J connectivity index is 3.53. The molecule has 0 heterocycles. The zero-order chi connectivity index (χ0) is 13.7. The van der Waals surface area contributed by atoms with Crippen LogP contribution in [0, 0.1) is 0 Å². The molecule has 4 nitrogen and oxygen atoms in total. The van der Waals surface area contributed by atoms with Gasteiger partial charge >= 0.3 is 11.9 Å². The molecular weight excluding hydrogens is 232 g/mol. The van der Waals surface area contributed by atoms with Gasteiger partial charge in [-0.25, -0.2) is 9.59 Å². The van der Waals surface area contributed by atoms with E-state index in [1.165, 1.54) is 0 Å². The van der Waals surface area contributed by atoms with Crippen molar-refractivity contribution in [2.45, 2.75) is 26.7 Å². The number of hydrogen-bond donors (Lipinski definition) is 2. The first-order valence-electron chi connectivity index (χ1n) is 5.80. The summed E-state index contributed by atoms with van der Waals surface area (Å²) in [6, 6.07) is 7.29. The van der Waals surface area contributed by atoms with Crippen molar-refractivity contribution in [3.05, 3.63) is 41.0 Å². The van der Waals surface area contributed by atoms with Gasteiger partial charge in [-0.1, -0.05) is 38.1 Å². The molecule has 1 rings (SSSR count). The number of carboxylic acid groups (broad SMARTS) is 2. The molecule has 0 aliphatic rings. The molecule has 0 saturated heterocycles. The van der Waals surface area contributed by atoms with Crippen LogP contribution in [0.15, 0.2) is 29.8 Å². The summed E-state index contributed by atoms with van der Waals surface area (Å²) in [5, 5.41) is 18.1. The van der Waals surface area contributed by atoms with E-state index in [2.05, 4.69) is 0 Å². The van der Waals surface area contributed by atoms with E-state index in [4.69, 9.17) is 10.2 Å². The van der Waals surface area contributed by atoms with Gasteiger partial charge in [-0.2, -0.15) is 0 Å². The van der Waals surface area contributed by atoms with Gasteiger partial charge in [0.2, 0.25) is 0 Å². The number of allylic oxidation sites excluding steroid dienone is 1. The summed E-state index contributed by atoms with van der Waals surface area (Å²) in [6.45, 7) is 3.71. The maximum atomic E-state index is 11.1. The highest BCUT2D eigenvalue weighted by atomic mass is 16.4. The Hall–Kier alpha value is -2.10. The summed E-state index contributed by atoms with van der Waals surface area (Å²) in [4.78, 5) is 22.2. The highest BCUT2D eigenvalue weighted by Gasteiger charge is 2.22. The van der Waals surface area contributed by atoms with E-state index >= 15 is 0 Å². The Morgan fingerprint density at radius 2 is 1.61 bits per heavy atom. The molecule has 0 spiro atoms. The van der Waals surface area contributed by atoms with Crippen molar-refractivity contribution in [1.82, 2.24) is 0 Å². The number of aryl methyl sites for hydroxylation is 1. The quantitative estimate of drug-likeness (QED) is 0.477. The molecule has 0 unspecified atom stereocenters. The van der Waals surface area contributed by atoms with Crippen LogP contribution in [0.2, 0.25) is 0 Å². The standard InChI is InChI=1S/C14H16O4/c1-3-9-7-5-6-8-11(9)10(4-2)12(13(15)16)14(17)18/h5-8H,3-4H2,1-2H3,(H,15,16)(H,17,18). The molecule has 0 atom stereocenters. The van der Waals surface area contributed by atoms with Crippen LogP contribution in [0.5, 0.6) is 0 Å². The molecule has 0 aliphatic carbocycles. The molecule has 1 aromatic rings. The number of rotatable bonds is 5. The van der Waals surface area contributed by atoms with Gasteiger partial charge in [0, 0.05) is 0 Å². The van der Waals surface area contributed by atoms with E-state index in [1.807, 2.05) is 19.1 Å². The van der Waals surface area contributed by atoms with Gasteiger partial charge in [-0.3, -0.25) is 0 Å². The van der Waals surface area contributed by atoms with Crippen molar-refractivity contribution in [2.75, 3.05) is 0 Å². The van der Waals surface area contributed by atoms with Crippen LogP contribution in [-0.2, 0) is 16.0 Å². The van der Waals surface area contributed by atoms with Gasteiger partial charge in [-0.05, 0) is 29.5 Å². The molecule has 0 aliphatic heterocycles. The molecule has 0 radical (unpaired) electrons. The molecule has 96 valence electrons. The Labute approximate surface area is 106 Å². The molecule has 0 bridgehead atoms. The molecule has 1 aromatic carbocycles. The minimum absolute atomic E-state index is 0.366. The molecule has 2 N–H and O–H groups in total. The summed E-state index contributed by atoms with van der Waals surface area (Å²) in [6.07, 6.45) is 1.09. The van der Waals surface area contributed by atoms with Crippen LogP contribution in [0.3, 0.4) is 0 Å². The van der Waals surface area contributed by atoms with Gasteiger partial charge < -0.3 is 10.2 Å². The molecule has 18 heavy (non-hydrogen) atoms. The maximum absolute atomic E-state index is 11.1. The van der Waals surface area contributed by atoms with Gasteiger partial charge in [-0.15, -0.1) is 0 Å². The lowest BCUT2D eigenvalue weighted by Gasteiger charge is -2.12. The lowest BCUT2D eigenvalue weighted by Crippen LogP contribution is -2.14. The van der Waals surface area contributed by atoms with Crippen LogP contribution >= 0.6 is 0 Å². The first-order valence-corrected chi connectivity index (χ1v) is 5.80. The topological polar surface area (TPSA) is 74.6 Å². The van der Waals surface area contributed by atoms with Gasteiger partial charge in [0.1, 0.15) is 5.57 Å². The Kier molecular flexibility index (Phi) is 4.66. The Bertz CT molecular complexity index is 484. The monoisotopic (exact) mass is 248 g/mol. The van der Waals surface area contributed by atoms with E-state index in [9.17, 15) is 9.59 Å². The first-order chi connectivity index (χ1) is 8.52. The molecule has 0 saturated carbocycles. The number of carbonyl (C=O) groups is 2. The first kappa shape index (κ1) is 14.0. The highest BCUT2D eigenvalue weighted by Crippen LogP contribution is 2.26. The van der Waals surface area contributed by atoms with Crippen molar-refractivity contribution in [3.8, 4) is 0 Å². The largest absolute Gasteiger partial charge is 0.477 e. The Morgan fingerprint density at radius 3 is 2.06 bits per heavy atom. The van der Waals surface area contributed by atoms with Crippen LogP contribution in [0.1, 0.15) is 31.4 Å². The average Bonchev–Trinajstić information content (AvgIpc) is 2.34. The van der Waals surface area contributed by atoms with Crippen LogP contribution in [0.4, 0.5) is 0 Å². The fraction of sp³-hybridized carbons (Fsp3) is 0.286. The minimum Gasteiger partial charge on any atom is -0.477 e. The highest BCUT2D eigenvalue weighted by molar-refractivity contribution is 6.18.